The summed E-state index contributed by atoms with van der Waals surface area (Å²) in [6.07, 6.45) is 1.85. The molecule has 0 aliphatic carbocycles. The second-order valence-corrected chi connectivity index (χ2v) is 7.36. The molecule has 2 aromatic carbocycles. The van der Waals surface area contributed by atoms with Crippen LogP contribution in [0, 0.1) is 6.92 Å². The molecule has 1 fully saturated rings. The van der Waals surface area contributed by atoms with Crippen LogP contribution in [0.4, 0.5) is 0 Å². The second-order valence-electron chi connectivity index (χ2n) is 6.92. The minimum absolute atomic E-state index is 0.0563. The number of aryl methyl sites for hydroxylation is 1. The van der Waals surface area contributed by atoms with Crippen molar-refractivity contribution in [3.8, 4) is 11.4 Å². The Morgan fingerprint density at radius 2 is 2.04 bits per heavy atom. The van der Waals surface area contributed by atoms with Gasteiger partial charge in [0.15, 0.2) is 0 Å². The Hall–Kier alpha value is -2.66. The zero-order valence-electron chi connectivity index (χ0n) is 15.1. The molecule has 138 valence electrons. The summed E-state index contributed by atoms with van der Waals surface area (Å²) in [5.41, 5.74) is 2.67. The lowest BCUT2D eigenvalue weighted by atomic mass is 9.97. The Kier molecular flexibility index (Phi) is 4.94. The highest BCUT2D eigenvalue weighted by Gasteiger charge is 2.29. The molecule has 6 heteroatoms. The number of halogens is 1. The third-order valence-corrected chi connectivity index (χ3v) is 5.12. The third-order valence-electron chi connectivity index (χ3n) is 4.87. The van der Waals surface area contributed by atoms with Gasteiger partial charge in [0.1, 0.15) is 0 Å². The van der Waals surface area contributed by atoms with Crippen molar-refractivity contribution in [3.05, 3.63) is 70.6 Å². The molecule has 0 bridgehead atoms. The van der Waals surface area contributed by atoms with Crippen molar-refractivity contribution in [2.75, 3.05) is 13.1 Å². The first-order valence-corrected chi connectivity index (χ1v) is 9.43. The molecule has 3 aromatic rings. The zero-order valence-corrected chi connectivity index (χ0v) is 15.8. The van der Waals surface area contributed by atoms with E-state index >= 15 is 0 Å². The van der Waals surface area contributed by atoms with Gasteiger partial charge in [-0.25, -0.2) is 0 Å². The fraction of sp³-hybridized carbons (Fsp3) is 0.286. The van der Waals surface area contributed by atoms with E-state index in [4.69, 9.17) is 16.1 Å². The van der Waals surface area contributed by atoms with Gasteiger partial charge < -0.3 is 9.42 Å². The fourth-order valence-electron chi connectivity index (χ4n) is 3.44. The van der Waals surface area contributed by atoms with E-state index in [1.165, 1.54) is 0 Å². The van der Waals surface area contributed by atoms with Crippen molar-refractivity contribution < 1.29 is 9.32 Å². The molecule has 2 heterocycles. The molecule has 0 spiro atoms. The van der Waals surface area contributed by atoms with Crippen LogP contribution in [-0.2, 0) is 0 Å². The molecule has 27 heavy (non-hydrogen) atoms. The molecule has 1 amide bonds. The minimum atomic E-state index is 0.0563. The van der Waals surface area contributed by atoms with Crippen LogP contribution in [0.5, 0.6) is 0 Å². The van der Waals surface area contributed by atoms with E-state index in [-0.39, 0.29) is 11.8 Å². The smallest absolute Gasteiger partial charge is 0.253 e. The van der Waals surface area contributed by atoms with Gasteiger partial charge in [0.05, 0.1) is 5.92 Å². The van der Waals surface area contributed by atoms with Gasteiger partial charge in [-0.3, -0.25) is 4.79 Å². The molecular weight excluding hydrogens is 362 g/mol. The van der Waals surface area contributed by atoms with Gasteiger partial charge in [0.25, 0.3) is 5.91 Å². The molecule has 5 nitrogen and oxygen atoms in total. The predicted octanol–water partition coefficient (Wildman–Crippen LogP) is 4.72. The Bertz CT molecular complexity index is 952. The molecule has 4 rings (SSSR count). The quantitative estimate of drug-likeness (QED) is 0.658. The third kappa shape index (κ3) is 3.88. The fourth-order valence-corrected chi connectivity index (χ4v) is 3.57. The van der Waals surface area contributed by atoms with Gasteiger partial charge in [-0.05, 0) is 56.2 Å². The van der Waals surface area contributed by atoms with Crippen molar-refractivity contribution in [1.29, 1.82) is 0 Å². The Morgan fingerprint density at radius 1 is 1.22 bits per heavy atom. The van der Waals surface area contributed by atoms with Crippen molar-refractivity contribution >= 4 is 17.5 Å². The number of nitrogens with zero attached hydrogens (tertiary/aromatic N) is 3. The lowest BCUT2D eigenvalue weighted by Gasteiger charge is -2.31. The topological polar surface area (TPSA) is 59.2 Å². The van der Waals surface area contributed by atoms with E-state index in [9.17, 15) is 4.79 Å². The highest BCUT2D eigenvalue weighted by molar-refractivity contribution is 6.30. The van der Waals surface area contributed by atoms with Gasteiger partial charge in [-0.2, -0.15) is 4.98 Å². The maximum absolute atomic E-state index is 12.8. The van der Waals surface area contributed by atoms with E-state index in [1.807, 2.05) is 48.2 Å². The number of likely N-dealkylation sites (tertiary alicyclic amines) is 1. The second kappa shape index (κ2) is 7.53. The molecule has 1 saturated heterocycles. The van der Waals surface area contributed by atoms with Crippen molar-refractivity contribution in [3.63, 3.8) is 0 Å². The van der Waals surface area contributed by atoms with Crippen LogP contribution in [0.1, 0.15) is 40.6 Å². The van der Waals surface area contributed by atoms with Crippen LogP contribution in [0.25, 0.3) is 11.4 Å². The van der Waals surface area contributed by atoms with E-state index in [2.05, 4.69) is 10.1 Å². The molecule has 1 atom stereocenters. The van der Waals surface area contributed by atoms with Crippen LogP contribution in [0.2, 0.25) is 5.02 Å². The Labute approximate surface area is 163 Å². The van der Waals surface area contributed by atoms with Crippen molar-refractivity contribution in [2.24, 2.45) is 0 Å². The van der Waals surface area contributed by atoms with E-state index in [1.54, 1.807) is 12.1 Å². The summed E-state index contributed by atoms with van der Waals surface area (Å²) in [6.45, 7) is 3.34. The van der Waals surface area contributed by atoms with Crippen LogP contribution in [0.3, 0.4) is 0 Å². The summed E-state index contributed by atoms with van der Waals surface area (Å²) < 4.78 is 5.51. The number of hydrogen-bond donors (Lipinski definition) is 0. The van der Waals surface area contributed by atoms with Gasteiger partial charge >= 0.3 is 0 Å². The number of amides is 1. The van der Waals surface area contributed by atoms with Gasteiger partial charge in [0.2, 0.25) is 11.7 Å². The number of aromatic nitrogens is 2. The van der Waals surface area contributed by atoms with E-state index < -0.39 is 0 Å². The zero-order chi connectivity index (χ0) is 18.8. The number of carbonyl (C=O) groups is 1. The largest absolute Gasteiger partial charge is 0.339 e. The van der Waals surface area contributed by atoms with Crippen molar-refractivity contribution in [1.82, 2.24) is 15.0 Å². The average Bonchev–Trinajstić information content (AvgIpc) is 3.18. The molecular formula is C21H20ClN3O2. The predicted molar refractivity (Wildman–Crippen MR) is 104 cm³/mol. The van der Waals surface area contributed by atoms with Crippen LogP contribution >= 0.6 is 11.6 Å². The standard InChI is InChI=1S/C21H20ClN3O2/c1-14-4-2-5-16(12-14)21(26)25-11-3-6-17(13-25)20-23-19(24-27-20)15-7-9-18(22)10-8-15/h2,4-5,7-10,12,17H,3,6,11,13H2,1H3. The number of carbonyl (C=O) groups excluding carboxylic acids is 1. The van der Waals surface area contributed by atoms with Crippen molar-refractivity contribution in [2.45, 2.75) is 25.7 Å². The highest BCUT2D eigenvalue weighted by Crippen LogP contribution is 2.28. The normalized spacial score (nSPS) is 17.1. The summed E-state index contributed by atoms with van der Waals surface area (Å²) in [5.74, 6) is 1.24. The maximum Gasteiger partial charge on any atom is 0.253 e. The Morgan fingerprint density at radius 3 is 2.81 bits per heavy atom. The van der Waals surface area contributed by atoms with Gasteiger partial charge in [-0.15, -0.1) is 0 Å². The summed E-state index contributed by atoms with van der Waals surface area (Å²) in [4.78, 5) is 19.3. The van der Waals surface area contributed by atoms with Crippen LogP contribution in [-0.4, -0.2) is 34.0 Å². The first-order valence-electron chi connectivity index (χ1n) is 9.05. The summed E-state index contributed by atoms with van der Waals surface area (Å²) in [5, 5.41) is 4.77. The van der Waals surface area contributed by atoms with Gasteiger partial charge in [0, 0.05) is 29.2 Å². The van der Waals surface area contributed by atoms with Gasteiger partial charge in [-0.1, -0.05) is 34.5 Å². The number of benzene rings is 2. The number of hydrogen-bond acceptors (Lipinski definition) is 4. The average molecular weight is 382 g/mol. The van der Waals surface area contributed by atoms with E-state index in [0.717, 1.165) is 36.1 Å². The summed E-state index contributed by atoms with van der Waals surface area (Å²) in [7, 11) is 0. The number of rotatable bonds is 3. The SMILES string of the molecule is Cc1cccc(C(=O)N2CCCC(c3nc(-c4ccc(Cl)cc4)no3)C2)c1. The lowest BCUT2D eigenvalue weighted by molar-refractivity contribution is 0.0695. The van der Waals surface area contributed by atoms with Crippen LogP contribution < -0.4 is 0 Å². The molecule has 0 radical (unpaired) electrons. The first-order chi connectivity index (χ1) is 13.1. The summed E-state index contributed by atoms with van der Waals surface area (Å²) >= 11 is 5.93. The first kappa shape index (κ1) is 17.7. The molecule has 1 aromatic heterocycles. The van der Waals surface area contributed by atoms with Crippen LogP contribution in [0.15, 0.2) is 53.1 Å². The molecule has 0 N–H and O–H groups in total. The molecule has 1 unspecified atom stereocenters. The number of piperidine rings is 1. The monoisotopic (exact) mass is 381 g/mol. The lowest BCUT2D eigenvalue weighted by Crippen LogP contribution is -2.39. The molecule has 1 aliphatic heterocycles. The highest BCUT2D eigenvalue weighted by atomic mass is 35.5. The minimum Gasteiger partial charge on any atom is -0.339 e. The Balaban J connectivity index is 1.50. The van der Waals surface area contributed by atoms with E-state index in [0.29, 0.717) is 23.3 Å². The maximum atomic E-state index is 12.8. The molecule has 0 saturated carbocycles. The summed E-state index contributed by atoms with van der Waals surface area (Å²) in [6, 6.07) is 15.0. The molecule has 1 aliphatic rings.